The Morgan fingerprint density at radius 1 is 1.28 bits per heavy atom. The van der Waals surface area contributed by atoms with Crippen LogP contribution in [0.1, 0.15) is 12.8 Å². The highest BCUT2D eigenvalue weighted by atomic mass is 19.4. The molecule has 0 aromatic carbocycles. The van der Waals surface area contributed by atoms with Crippen molar-refractivity contribution in [2.45, 2.75) is 19.0 Å². The fraction of sp³-hybridized carbons (Fsp3) is 0.800. The minimum Gasteiger partial charge on any atom is -0.481 e. The Kier molecular flexibility index (Phi) is 4.94. The molecule has 1 atom stereocenters. The second-order valence-corrected chi connectivity index (χ2v) is 4.15. The predicted molar refractivity (Wildman–Crippen MR) is 55.9 cm³/mol. The van der Waals surface area contributed by atoms with Gasteiger partial charge in [0.15, 0.2) is 5.92 Å². The fourth-order valence-electron chi connectivity index (χ4n) is 1.74. The van der Waals surface area contributed by atoms with Crippen LogP contribution in [-0.4, -0.2) is 54.2 Å². The first-order valence-electron chi connectivity index (χ1n) is 5.60. The van der Waals surface area contributed by atoms with Gasteiger partial charge in [0.1, 0.15) is 0 Å². The van der Waals surface area contributed by atoms with Crippen LogP contribution in [0.4, 0.5) is 13.2 Å². The van der Waals surface area contributed by atoms with Crippen molar-refractivity contribution in [2.24, 2.45) is 5.92 Å². The molecule has 1 rings (SSSR count). The summed E-state index contributed by atoms with van der Waals surface area (Å²) >= 11 is 0. The van der Waals surface area contributed by atoms with Gasteiger partial charge in [0, 0.05) is 19.6 Å². The monoisotopic (exact) mass is 268 g/mol. The van der Waals surface area contributed by atoms with Gasteiger partial charge < -0.3 is 15.3 Å². The van der Waals surface area contributed by atoms with Crippen LogP contribution >= 0.6 is 0 Å². The Hall–Kier alpha value is -1.31. The van der Waals surface area contributed by atoms with Crippen molar-refractivity contribution in [3.63, 3.8) is 0 Å². The molecule has 0 aromatic heterocycles. The second kappa shape index (κ2) is 6.03. The van der Waals surface area contributed by atoms with Crippen LogP contribution in [0, 0.1) is 5.92 Å². The molecule has 0 saturated carbocycles. The zero-order valence-electron chi connectivity index (χ0n) is 9.66. The van der Waals surface area contributed by atoms with Crippen molar-refractivity contribution in [2.75, 3.05) is 26.2 Å². The number of nitrogens with one attached hydrogen (secondary N) is 1. The molecule has 2 N–H and O–H groups in total. The normalized spacial score (nSPS) is 17.8. The molecule has 8 heteroatoms. The maximum absolute atomic E-state index is 12.3. The van der Waals surface area contributed by atoms with Crippen LogP contribution in [0.15, 0.2) is 0 Å². The van der Waals surface area contributed by atoms with Gasteiger partial charge in [-0.1, -0.05) is 0 Å². The number of carbonyl (C=O) groups excluding carboxylic acids is 1. The van der Waals surface area contributed by atoms with Crippen molar-refractivity contribution in [1.82, 2.24) is 10.2 Å². The number of likely N-dealkylation sites (tertiary alicyclic amines) is 1. The highest BCUT2D eigenvalue weighted by Crippen LogP contribution is 2.25. The second-order valence-electron chi connectivity index (χ2n) is 4.15. The molecule has 1 amide bonds. The first-order chi connectivity index (χ1) is 8.32. The number of hydrogen-bond acceptors (Lipinski definition) is 3. The molecular formula is C10H15F3N2O3. The molecule has 1 saturated heterocycles. The van der Waals surface area contributed by atoms with E-state index in [4.69, 9.17) is 5.11 Å². The van der Waals surface area contributed by atoms with E-state index in [0.717, 1.165) is 12.8 Å². The average molecular weight is 268 g/mol. The third kappa shape index (κ3) is 4.17. The van der Waals surface area contributed by atoms with Crippen LogP contribution in [0.5, 0.6) is 0 Å². The predicted octanol–water partition coefficient (Wildman–Crippen LogP) is 0.461. The topological polar surface area (TPSA) is 69.6 Å². The molecule has 1 fully saturated rings. The molecule has 18 heavy (non-hydrogen) atoms. The number of nitrogens with zero attached hydrogens (tertiary/aromatic N) is 1. The van der Waals surface area contributed by atoms with Gasteiger partial charge in [-0.25, -0.2) is 0 Å². The molecule has 1 aliphatic heterocycles. The first kappa shape index (κ1) is 14.7. The SMILES string of the molecule is O=C(O)C(CNCC(=O)N1CCCC1)C(F)(F)F. The number of carboxylic acids is 1. The van der Waals surface area contributed by atoms with Crippen molar-refractivity contribution in [1.29, 1.82) is 0 Å². The smallest absolute Gasteiger partial charge is 0.403 e. The van der Waals surface area contributed by atoms with Gasteiger partial charge in [-0.2, -0.15) is 13.2 Å². The lowest BCUT2D eigenvalue weighted by Gasteiger charge is -2.18. The first-order valence-corrected chi connectivity index (χ1v) is 5.60. The average Bonchev–Trinajstić information content (AvgIpc) is 2.74. The van der Waals surface area contributed by atoms with E-state index in [-0.39, 0.29) is 12.5 Å². The molecule has 0 spiro atoms. The van der Waals surface area contributed by atoms with E-state index in [9.17, 15) is 22.8 Å². The highest BCUT2D eigenvalue weighted by molar-refractivity contribution is 5.78. The number of alkyl halides is 3. The number of carbonyl (C=O) groups is 2. The number of aliphatic carboxylic acids is 1. The number of carboxylic acid groups (broad SMARTS) is 1. The molecule has 1 heterocycles. The van der Waals surface area contributed by atoms with E-state index in [0.29, 0.717) is 13.1 Å². The van der Waals surface area contributed by atoms with E-state index in [2.05, 4.69) is 5.32 Å². The van der Waals surface area contributed by atoms with Crippen LogP contribution in [0.3, 0.4) is 0 Å². The Balaban J connectivity index is 2.35. The minimum absolute atomic E-state index is 0.264. The Morgan fingerprint density at radius 2 is 1.83 bits per heavy atom. The molecule has 0 bridgehead atoms. The fourth-order valence-corrected chi connectivity index (χ4v) is 1.74. The minimum atomic E-state index is -4.81. The Morgan fingerprint density at radius 3 is 2.28 bits per heavy atom. The standard InChI is InChI=1S/C10H15F3N2O3/c11-10(12,13)7(9(17)18)5-14-6-8(16)15-3-1-2-4-15/h7,14H,1-6H2,(H,17,18). The summed E-state index contributed by atoms with van der Waals surface area (Å²) in [5.74, 6) is -4.72. The molecule has 5 nitrogen and oxygen atoms in total. The maximum atomic E-state index is 12.3. The summed E-state index contributed by atoms with van der Waals surface area (Å²) in [5.41, 5.74) is 0. The lowest BCUT2D eigenvalue weighted by atomic mass is 10.1. The number of halogens is 3. The molecule has 0 aromatic rings. The van der Waals surface area contributed by atoms with Gasteiger partial charge in [-0.3, -0.25) is 9.59 Å². The van der Waals surface area contributed by atoms with Crippen LogP contribution in [0.2, 0.25) is 0 Å². The van der Waals surface area contributed by atoms with E-state index in [1.165, 1.54) is 0 Å². The zero-order valence-corrected chi connectivity index (χ0v) is 9.66. The van der Waals surface area contributed by atoms with Gasteiger partial charge in [0.25, 0.3) is 0 Å². The van der Waals surface area contributed by atoms with Crippen molar-refractivity contribution in [3.05, 3.63) is 0 Å². The number of hydrogen-bond donors (Lipinski definition) is 2. The largest absolute Gasteiger partial charge is 0.481 e. The summed E-state index contributed by atoms with van der Waals surface area (Å²) in [7, 11) is 0. The van der Waals surface area contributed by atoms with Gasteiger partial charge in [-0.05, 0) is 12.8 Å². The maximum Gasteiger partial charge on any atom is 0.403 e. The van der Waals surface area contributed by atoms with E-state index >= 15 is 0 Å². The lowest BCUT2D eigenvalue weighted by Crippen LogP contribution is -2.43. The van der Waals surface area contributed by atoms with Gasteiger partial charge in [0.05, 0.1) is 6.54 Å². The van der Waals surface area contributed by atoms with Gasteiger partial charge in [0.2, 0.25) is 5.91 Å². The van der Waals surface area contributed by atoms with Gasteiger partial charge >= 0.3 is 12.1 Å². The molecular weight excluding hydrogens is 253 g/mol. The summed E-state index contributed by atoms with van der Waals surface area (Å²) in [6.07, 6.45) is -3.02. The molecule has 1 unspecified atom stereocenters. The van der Waals surface area contributed by atoms with Crippen molar-refractivity contribution < 1.29 is 27.9 Å². The summed E-state index contributed by atoms with van der Waals surface area (Å²) in [4.78, 5) is 23.5. The third-order valence-electron chi connectivity index (χ3n) is 2.78. The quantitative estimate of drug-likeness (QED) is 0.760. The number of amides is 1. The molecule has 0 radical (unpaired) electrons. The summed E-state index contributed by atoms with van der Waals surface area (Å²) in [6.45, 7) is 0.169. The highest BCUT2D eigenvalue weighted by Gasteiger charge is 2.44. The number of rotatable bonds is 5. The molecule has 0 aliphatic carbocycles. The molecule has 104 valence electrons. The Labute approximate surface area is 102 Å². The lowest BCUT2D eigenvalue weighted by molar-refractivity contribution is -0.192. The van der Waals surface area contributed by atoms with Crippen molar-refractivity contribution >= 4 is 11.9 Å². The van der Waals surface area contributed by atoms with Crippen molar-refractivity contribution in [3.8, 4) is 0 Å². The molecule has 1 aliphatic rings. The summed E-state index contributed by atoms with van der Waals surface area (Å²) in [5, 5.41) is 10.7. The van der Waals surface area contributed by atoms with Gasteiger partial charge in [-0.15, -0.1) is 0 Å². The van der Waals surface area contributed by atoms with Crippen LogP contribution < -0.4 is 5.32 Å². The zero-order chi connectivity index (χ0) is 13.8. The van der Waals surface area contributed by atoms with Crippen LogP contribution in [-0.2, 0) is 9.59 Å². The van der Waals surface area contributed by atoms with E-state index in [1.54, 1.807) is 4.90 Å². The van der Waals surface area contributed by atoms with E-state index < -0.39 is 24.6 Å². The van der Waals surface area contributed by atoms with E-state index in [1.807, 2.05) is 0 Å². The van der Waals surface area contributed by atoms with Crippen LogP contribution in [0.25, 0.3) is 0 Å². The summed E-state index contributed by atoms with van der Waals surface area (Å²) < 4.78 is 36.8. The summed E-state index contributed by atoms with van der Waals surface area (Å²) in [6, 6.07) is 0. The third-order valence-corrected chi connectivity index (χ3v) is 2.78. The Bertz CT molecular complexity index is 314.